The van der Waals surface area contributed by atoms with E-state index in [9.17, 15) is 14.4 Å². The van der Waals surface area contributed by atoms with Crippen LogP contribution in [-0.2, 0) is 23.9 Å². The van der Waals surface area contributed by atoms with Gasteiger partial charge in [-0.05, 0) is 32.8 Å². The summed E-state index contributed by atoms with van der Waals surface area (Å²) in [5.41, 5.74) is 0.0902. The second-order valence-corrected chi connectivity index (χ2v) is 7.59. The van der Waals surface area contributed by atoms with E-state index in [1.165, 1.54) is 13.8 Å². The van der Waals surface area contributed by atoms with Crippen molar-refractivity contribution in [2.45, 2.75) is 65.7 Å². The van der Waals surface area contributed by atoms with Gasteiger partial charge in [-0.1, -0.05) is 37.3 Å². The summed E-state index contributed by atoms with van der Waals surface area (Å²) in [6, 6.07) is 9.00. The maximum absolute atomic E-state index is 12.9. The summed E-state index contributed by atoms with van der Waals surface area (Å²) in [5, 5.41) is 0. The van der Waals surface area contributed by atoms with E-state index in [1.54, 1.807) is 32.7 Å². The molecule has 0 saturated carbocycles. The van der Waals surface area contributed by atoms with Crippen molar-refractivity contribution in [1.82, 2.24) is 4.90 Å². The standard InChI is InChI=1S/C21H31NO5/c1-14(13-21(5,6)27-17(4)24)20(25)22(7)15(2)19(26-16(3)23)18-11-9-8-10-12-18/h8-12,14-15,19H,13H2,1-7H3/t14-,15-,19+/m0/s1. The zero-order chi connectivity index (χ0) is 20.8. The number of amides is 1. The van der Waals surface area contributed by atoms with Crippen LogP contribution in [0.3, 0.4) is 0 Å². The average molecular weight is 377 g/mol. The summed E-state index contributed by atoms with van der Waals surface area (Å²) >= 11 is 0. The highest BCUT2D eigenvalue weighted by Crippen LogP contribution is 2.27. The summed E-state index contributed by atoms with van der Waals surface area (Å²) in [6.07, 6.45) is -0.169. The summed E-state index contributed by atoms with van der Waals surface area (Å²) in [6.45, 7) is 9.93. The number of hydrogen-bond acceptors (Lipinski definition) is 5. The normalized spacial score (nSPS) is 14.6. The van der Waals surface area contributed by atoms with Gasteiger partial charge in [-0.3, -0.25) is 14.4 Å². The SMILES string of the molecule is CC(=O)O[C@@H](c1ccccc1)[C@H](C)N(C)C(=O)[C@@H](C)CC(C)(C)OC(C)=O. The van der Waals surface area contributed by atoms with Crippen LogP contribution in [0, 0.1) is 5.92 Å². The molecule has 0 bridgehead atoms. The molecule has 150 valence electrons. The van der Waals surface area contributed by atoms with Crippen molar-refractivity contribution in [3.63, 3.8) is 0 Å². The third-order valence-corrected chi connectivity index (χ3v) is 4.46. The van der Waals surface area contributed by atoms with Crippen LogP contribution in [0.1, 0.15) is 59.6 Å². The molecule has 1 rings (SSSR count). The van der Waals surface area contributed by atoms with Gasteiger partial charge in [0.2, 0.25) is 5.91 Å². The van der Waals surface area contributed by atoms with Gasteiger partial charge < -0.3 is 14.4 Å². The molecule has 0 aliphatic carbocycles. The fourth-order valence-corrected chi connectivity index (χ4v) is 3.27. The van der Waals surface area contributed by atoms with Crippen molar-refractivity contribution in [1.29, 1.82) is 0 Å². The Labute approximate surface area is 161 Å². The van der Waals surface area contributed by atoms with Gasteiger partial charge in [0.25, 0.3) is 0 Å². The number of rotatable bonds is 8. The first kappa shape index (κ1) is 22.7. The molecule has 0 radical (unpaired) electrons. The number of hydrogen-bond donors (Lipinski definition) is 0. The fraction of sp³-hybridized carbons (Fsp3) is 0.571. The molecule has 1 aromatic rings. The highest BCUT2D eigenvalue weighted by atomic mass is 16.6. The number of carbonyl (C=O) groups is 3. The Bertz CT molecular complexity index is 656. The Balaban J connectivity index is 2.92. The van der Waals surface area contributed by atoms with Gasteiger partial charge in [0.05, 0.1) is 6.04 Å². The summed E-state index contributed by atoms with van der Waals surface area (Å²) < 4.78 is 10.8. The van der Waals surface area contributed by atoms with Gasteiger partial charge in [0, 0.05) is 26.8 Å². The molecule has 3 atom stereocenters. The monoisotopic (exact) mass is 377 g/mol. The number of nitrogens with zero attached hydrogens (tertiary/aromatic N) is 1. The minimum absolute atomic E-state index is 0.101. The third kappa shape index (κ3) is 7.04. The maximum atomic E-state index is 12.9. The number of likely N-dealkylation sites (N-methyl/N-ethyl adjacent to an activating group) is 1. The molecule has 1 aromatic carbocycles. The Morgan fingerprint density at radius 1 is 1.04 bits per heavy atom. The van der Waals surface area contributed by atoms with Crippen molar-refractivity contribution < 1.29 is 23.9 Å². The van der Waals surface area contributed by atoms with Crippen LogP contribution in [0.2, 0.25) is 0 Å². The lowest BCUT2D eigenvalue weighted by atomic mass is 9.92. The van der Waals surface area contributed by atoms with Crippen molar-refractivity contribution in [2.24, 2.45) is 5.92 Å². The number of carbonyl (C=O) groups excluding carboxylic acids is 3. The predicted octanol–water partition coefficient (Wildman–Crippen LogP) is 3.51. The summed E-state index contributed by atoms with van der Waals surface area (Å²) in [7, 11) is 1.70. The summed E-state index contributed by atoms with van der Waals surface area (Å²) in [5.74, 6) is -1.24. The lowest BCUT2D eigenvalue weighted by molar-refractivity contribution is -0.158. The molecule has 0 aliphatic rings. The van der Waals surface area contributed by atoms with E-state index in [0.717, 1.165) is 5.56 Å². The zero-order valence-corrected chi connectivity index (χ0v) is 17.3. The lowest BCUT2D eigenvalue weighted by Gasteiger charge is -2.35. The van der Waals surface area contributed by atoms with E-state index < -0.39 is 17.7 Å². The Hall–Kier alpha value is -2.37. The van der Waals surface area contributed by atoms with Crippen LogP contribution in [0.25, 0.3) is 0 Å². The molecule has 0 saturated heterocycles. The Morgan fingerprint density at radius 3 is 2.07 bits per heavy atom. The number of esters is 2. The topological polar surface area (TPSA) is 72.9 Å². The second-order valence-electron chi connectivity index (χ2n) is 7.59. The highest BCUT2D eigenvalue weighted by molar-refractivity contribution is 5.79. The van der Waals surface area contributed by atoms with E-state index in [0.29, 0.717) is 6.42 Å². The third-order valence-electron chi connectivity index (χ3n) is 4.46. The first-order valence-corrected chi connectivity index (χ1v) is 9.13. The molecule has 0 fully saturated rings. The smallest absolute Gasteiger partial charge is 0.303 e. The number of benzene rings is 1. The van der Waals surface area contributed by atoms with Gasteiger partial charge in [0.1, 0.15) is 11.7 Å². The van der Waals surface area contributed by atoms with Gasteiger partial charge in [-0.2, -0.15) is 0 Å². The van der Waals surface area contributed by atoms with Crippen LogP contribution >= 0.6 is 0 Å². The van der Waals surface area contributed by atoms with E-state index in [2.05, 4.69) is 0 Å². The van der Waals surface area contributed by atoms with Crippen molar-refractivity contribution >= 4 is 17.8 Å². The van der Waals surface area contributed by atoms with E-state index in [1.807, 2.05) is 37.3 Å². The van der Waals surface area contributed by atoms with E-state index >= 15 is 0 Å². The first-order valence-electron chi connectivity index (χ1n) is 9.13. The van der Waals surface area contributed by atoms with Gasteiger partial charge >= 0.3 is 11.9 Å². The Morgan fingerprint density at radius 2 is 1.59 bits per heavy atom. The second kappa shape index (κ2) is 9.53. The predicted molar refractivity (Wildman–Crippen MR) is 103 cm³/mol. The quantitative estimate of drug-likeness (QED) is 0.648. The lowest BCUT2D eigenvalue weighted by Crippen LogP contribution is -2.44. The molecule has 0 unspecified atom stereocenters. The van der Waals surface area contributed by atoms with Gasteiger partial charge in [0.15, 0.2) is 0 Å². The van der Waals surface area contributed by atoms with Gasteiger partial charge in [-0.25, -0.2) is 0 Å². The van der Waals surface area contributed by atoms with Crippen LogP contribution < -0.4 is 0 Å². The van der Waals surface area contributed by atoms with Crippen molar-refractivity contribution in [3.05, 3.63) is 35.9 Å². The molecule has 0 aromatic heterocycles. The molecule has 0 N–H and O–H groups in total. The number of ether oxygens (including phenoxy) is 2. The van der Waals surface area contributed by atoms with Crippen LogP contribution in [0.15, 0.2) is 30.3 Å². The minimum Gasteiger partial charge on any atom is -0.460 e. The Kier molecular flexibility index (Phi) is 8.00. The van der Waals surface area contributed by atoms with Crippen molar-refractivity contribution in [2.75, 3.05) is 7.05 Å². The van der Waals surface area contributed by atoms with Gasteiger partial charge in [-0.15, -0.1) is 0 Å². The summed E-state index contributed by atoms with van der Waals surface area (Å²) in [4.78, 5) is 37.3. The molecule has 6 heteroatoms. The molecule has 27 heavy (non-hydrogen) atoms. The first-order chi connectivity index (χ1) is 12.4. The molecule has 0 aliphatic heterocycles. The average Bonchev–Trinajstić information content (AvgIpc) is 2.56. The van der Waals surface area contributed by atoms with Crippen LogP contribution in [0.4, 0.5) is 0 Å². The van der Waals surface area contributed by atoms with E-state index in [4.69, 9.17) is 9.47 Å². The molecule has 1 amide bonds. The van der Waals surface area contributed by atoms with Crippen LogP contribution in [-0.4, -0.2) is 41.4 Å². The molecule has 6 nitrogen and oxygen atoms in total. The van der Waals surface area contributed by atoms with E-state index in [-0.39, 0.29) is 23.8 Å². The molecular weight excluding hydrogens is 346 g/mol. The zero-order valence-electron chi connectivity index (χ0n) is 17.3. The maximum Gasteiger partial charge on any atom is 0.303 e. The molecular formula is C21H31NO5. The van der Waals surface area contributed by atoms with Crippen LogP contribution in [0.5, 0.6) is 0 Å². The molecule has 0 heterocycles. The highest BCUT2D eigenvalue weighted by Gasteiger charge is 2.33. The minimum atomic E-state index is -0.736. The van der Waals surface area contributed by atoms with Crippen molar-refractivity contribution in [3.8, 4) is 0 Å². The largest absolute Gasteiger partial charge is 0.460 e. The molecule has 0 spiro atoms. The fourth-order valence-electron chi connectivity index (χ4n) is 3.27.